The first kappa shape index (κ1) is 19.7. The molecule has 2 aliphatic heterocycles. The molecule has 0 saturated carbocycles. The molecule has 27 heavy (non-hydrogen) atoms. The molecule has 2 heterocycles. The Bertz CT molecular complexity index is 693. The molecule has 0 aromatic heterocycles. The van der Waals surface area contributed by atoms with Crippen LogP contribution in [0.1, 0.15) is 25.3 Å². The molecule has 2 unspecified atom stereocenters. The summed E-state index contributed by atoms with van der Waals surface area (Å²) < 4.78 is 10.9. The van der Waals surface area contributed by atoms with Crippen LogP contribution in [0.3, 0.4) is 0 Å². The van der Waals surface area contributed by atoms with Crippen LogP contribution in [0.4, 0.5) is 0 Å². The third-order valence-corrected chi connectivity index (χ3v) is 6.10. The average molecular weight is 374 g/mol. The molecule has 2 saturated heterocycles. The van der Waals surface area contributed by atoms with E-state index in [9.17, 15) is 9.59 Å². The summed E-state index contributed by atoms with van der Waals surface area (Å²) in [4.78, 5) is 28.6. The van der Waals surface area contributed by atoms with Gasteiger partial charge >= 0.3 is 0 Å². The summed E-state index contributed by atoms with van der Waals surface area (Å²) in [5.74, 6) is 1.49. The van der Waals surface area contributed by atoms with Crippen molar-refractivity contribution in [2.75, 3.05) is 47.0 Å². The van der Waals surface area contributed by atoms with E-state index in [0.29, 0.717) is 38.5 Å². The van der Waals surface area contributed by atoms with Crippen molar-refractivity contribution in [3.8, 4) is 5.75 Å². The number of carbonyl (C=O) groups excluding carboxylic acids is 2. The number of rotatable bonds is 6. The second kappa shape index (κ2) is 8.30. The number of fused-ring (bicyclic) bond motifs is 1. The Labute approximate surface area is 161 Å². The number of methoxy groups -OCH3 is 2. The number of carbonyl (C=O) groups is 2. The highest BCUT2D eigenvalue weighted by Gasteiger charge is 2.51. The fourth-order valence-corrected chi connectivity index (χ4v) is 4.65. The molecule has 2 atom stereocenters. The SMILES string of the molecule is COCC12CN(C(C)=O)CCC1CN(C(=O)CCc1ccccc1OC)C2. The van der Waals surface area contributed by atoms with Gasteiger partial charge in [0.15, 0.2) is 0 Å². The summed E-state index contributed by atoms with van der Waals surface area (Å²) in [6, 6.07) is 7.84. The van der Waals surface area contributed by atoms with E-state index in [1.807, 2.05) is 34.1 Å². The Hall–Kier alpha value is -2.08. The van der Waals surface area contributed by atoms with Gasteiger partial charge in [0.05, 0.1) is 13.7 Å². The molecular formula is C21H30N2O4. The lowest BCUT2D eigenvalue weighted by molar-refractivity contribution is -0.134. The largest absolute Gasteiger partial charge is 0.496 e. The molecule has 0 spiro atoms. The predicted molar refractivity (Wildman–Crippen MR) is 103 cm³/mol. The molecule has 0 radical (unpaired) electrons. The van der Waals surface area contributed by atoms with Crippen molar-refractivity contribution in [2.24, 2.45) is 11.3 Å². The Kier molecular flexibility index (Phi) is 6.05. The third-order valence-electron chi connectivity index (χ3n) is 6.10. The number of hydrogen-bond donors (Lipinski definition) is 0. The van der Waals surface area contributed by atoms with Gasteiger partial charge in [0.1, 0.15) is 5.75 Å². The van der Waals surface area contributed by atoms with Gasteiger partial charge in [0.25, 0.3) is 0 Å². The highest BCUT2D eigenvalue weighted by atomic mass is 16.5. The maximum Gasteiger partial charge on any atom is 0.222 e. The Morgan fingerprint density at radius 3 is 2.63 bits per heavy atom. The van der Waals surface area contributed by atoms with Crippen LogP contribution in [0.2, 0.25) is 0 Å². The number of hydrogen-bond acceptors (Lipinski definition) is 4. The lowest BCUT2D eigenvalue weighted by Gasteiger charge is -2.43. The van der Waals surface area contributed by atoms with Gasteiger partial charge in [-0.15, -0.1) is 0 Å². The van der Waals surface area contributed by atoms with Crippen LogP contribution in [0.5, 0.6) is 5.75 Å². The molecular weight excluding hydrogens is 344 g/mol. The minimum Gasteiger partial charge on any atom is -0.496 e. The van der Waals surface area contributed by atoms with E-state index in [4.69, 9.17) is 9.47 Å². The van der Waals surface area contributed by atoms with Crippen molar-refractivity contribution in [1.29, 1.82) is 0 Å². The monoisotopic (exact) mass is 374 g/mol. The second-order valence-electron chi connectivity index (χ2n) is 7.81. The fraction of sp³-hybridized carbons (Fsp3) is 0.619. The highest BCUT2D eigenvalue weighted by Crippen LogP contribution is 2.42. The Balaban J connectivity index is 1.66. The molecule has 6 heteroatoms. The first-order valence-electron chi connectivity index (χ1n) is 9.63. The van der Waals surface area contributed by atoms with E-state index < -0.39 is 0 Å². The van der Waals surface area contributed by atoms with E-state index >= 15 is 0 Å². The normalized spacial score (nSPS) is 24.6. The molecule has 1 aromatic rings. The number of amides is 2. The van der Waals surface area contributed by atoms with Crippen LogP contribution < -0.4 is 4.74 Å². The molecule has 148 valence electrons. The smallest absolute Gasteiger partial charge is 0.222 e. The van der Waals surface area contributed by atoms with Crippen LogP contribution in [-0.2, 0) is 20.7 Å². The van der Waals surface area contributed by atoms with Gasteiger partial charge in [0.2, 0.25) is 11.8 Å². The van der Waals surface area contributed by atoms with Crippen molar-refractivity contribution in [3.63, 3.8) is 0 Å². The third kappa shape index (κ3) is 4.10. The van der Waals surface area contributed by atoms with Gasteiger partial charge in [0, 0.05) is 52.0 Å². The molecule has 2 fully saturated rings. The number of para-hydroxylation sites is 1. The number of ether oxygens (including phenoxy) is 2. The van der Waals surface area contributed by atoms with E-state index in [1.54, 1.807) is 21.1 Å². The standard InChI is InChI=1S/C21H30N2O4/c1-16(24)22-11-10-18-12-23(14-21(18,13-22)15-26-2)20(25)9-8-17-6-4-5-7-19(17)27-3/h4-7,18H,8-15H2,1-3H3. The lowest BCUT2D eigenvalue weighted by atomic mass is 9.74. The number of likely N-dealkylation sites (tertiary alicyclic amines) is 2. The molecule has 0 bridgehead atoms. The van der Waals surface area contributed by atoms with Crippen molar-refractivity contribution < 1.29 is 19.1 Å². The van der Waals surface area contributed by atoms with E-state index in [2.05, 4.69) is 0 Å². The summed E-state index contributed by atoms with van der Waals surface area (Å²) >= 11 is 0. The molecule has 6 nitrogen and oxygen atoms in total. The van der Waals surface area contributed by atoms with E-state index in [1.165, 1.54) is 0 Å². The minimum atomic E-state index is -0.140. The van der Waals surface area contributed by atoms with Gasteiger partial charge in [-0.2, -0.15) is 0 Å². The molecule has 3 rings (SSSR count). The van der Waals surface area contributed by atoms with Gasteiger partial charge in [-0.25, -0.2) is 0 Å². The van der Waals surface area contributed by atoms with Crippen molar-refractivity contribution >= 4 is 11.8 Å². The molecule has 2 aliphatic rings. The van der Waals surface area contributed by atoms with Crippen LogP contribution in [0.25, 0.3) is 0 Å². The Morgan fingerprint density at radius 1 is 1.19 bits per heavy atom. The van der Waals surface area contributed by atoms with Gasteiger partial charge in [-0.3, -0.25) is 9.59 Å². The second-order valence-corrected chi connectivity index (χ2v) is 7.81. The topological polar surface area (TPSA) is 59.1 Å². The van der Waals surface area contributed by atoms with Crippen LogP contribution in [-0.4, -0.2) is 68.6 Å². The zero-order valence-electron chi connectivity index (χ0n) is 16.6. The van der Waals surface area contributed by atoms with E-state index in [0.717, 1.165) is 30.8 Å². The molecule has 0 N–H and O–H groups in total. The van der Waals surface area contributed by atoms with Crippen molar-refractivity contribution in [1.82, 2.24) is 9.80 Å². The fourth-order valence-electron chi connectivity index (χ4n) is 4.65. The zero-order valence-corrected chi connectivity index (χ0v) is 16.6. The maximum absolute atomic E-state index is 12.9. The van der Waals surface area contributed by atoms with Crippen molar-refractivity contribution in [2.45, 2.75) is 26.2 Å². The quantitative estimate of drug-likeness (QED) is 0.764. The highest BCUT2D eigenvalue weighted by molar-refractivity contribution is 5.77. The summed E-state index contributed by atoms with van der Waals surface area (Å²) in [6.45, 7) is 5.08. The average Bonchev–Trinajstić information content (AvgIpc) is 3.05. The molecule has 1 aromatic carbocycles. The predicted octanol–water partition coefficient (Wildman–Crippen LogP) is 1.97. The lowest BCUT2D eigenvalue weighted by Crippen LogP contribution is -2.52. The summed E-state index contributed by atoms with van der Waals surface area (Å²) in [5.41, 5.74) is 0.915. The molecule has 2 amide bonds. The van der Waals surface area contributed by atoms with E-state index in [-0.39, 0.29) is 17.2 Å². The van der Waals surface area contributed by atoms with Crippen LogP contribution in [0, 0.1) is 11.3 Å². The molecule has 0 aliphatic carbocycles. The van der Waals surface area contributed by atoms with Gasteiger partial charge < -0.3 is 19.3 Å². The first-order chi connectivity index (χ1) is 13.0. The van der Waals surface area contributed by atoms with Gasteiger partial charge in [-0.05, 0) is 30.4 Å². The van der Waals surface area contributed by atoms with Crippen molar-refractivity contribution in [3.05, 3.63) is 29.8 Å². The number of benzene rings is 1. The number of piperidine rings is 1. The zero-order chi connectivity index (χ0) is 19.4. The van der Waals surface area contributed by atoms with Crippen LogP contribution in [0.15, 0.2) is 24.3 Å². The summed E-state index contributed by atoms with van der Waals surface area (Å²) in [7, 11) is 3.35. The number of aryl methyl sites for hydroxylation is 1. The minimum absolute atomic E-state index is 0.102. The maximum atomic E-state index is 12.9. The summed E-state index contributed by atoms with van der Waals surface area (Å²) in [5, 5.41) is 0. The first-order valence-corrected chi connectivity index (χ1v) is 9.63. The van der Waals surface area contributed by atoms with Gasteiger partial charge in [-0.1, -0.05) is 18.2 Å². The number of nitrogens with zero attached hydrogens (tertiary/aromatic N) is 2. The summed E-state index contributed by atoms with van der Waals surface area (Å²) in [6.07, 6.45) is 2.06. The van der Waals surface area contributed by atoms with Crippen LogP contribution >= 0.6 is 0 Å². The Morgan fingerprint density at radius 2 is 1.93 bits per heavy atom.